The predicted octanol–water partition coefficient (Wildman–Crippen LogP) is 4.07. The number of rotatable bonds is 5. The minimum atomic E-state index is -0.325. The fourth-order valence-electron chi connectivity index (χ4n) is 2.02. The molecule has 0 saturated carbocycles. The fraction of sp³-hybridized carbons (Fsp3) is 0.0556. The molecule has 0 saturated heterocycles. The Labute approximate surface area is 147 Å². The second-order valence-electron chi connectivity index (χ2n) is 4.95. The van der Waals surface area contributed by atoms with Crippen molar-refractivity contribution in [1.29, 1.82) is 0 Å². The van der Waals surface area contributed by atoms with Gasteiger partial charge in [0.1, 0.15) is 18.6 Å². The van der Waals surface area contributed by atoms with Crippen molar-refractivity contribution in [3.8, 4) is 5.88 Å². The zero-order valence-corrected chi connectivity index (χ0v) is 14.2. The molecule has 2 aromatic carbocycles. The third kappa shape index (κ3) is 4.17. The Hall–Kier alpha value is -2.73. The van der Waals surface area contributed by atoms with E-state index >= 15 is 0 Å². The van der Waals surface area contributed by atoms with Crippen molar-refractivity contribution < 1.29 is 9.53 Å². The van der Waals surface area contributed by atoms with Crippen LogP contribution in [0.25, 0.3) is 0 Å². The summed E-state index contributed by atoms with van der Waals surface area (Å²) >= 11 is 3.39. The number of halogens is 1. The second-order valence-corrected chi connectivity index (χ2v) is 5.80. The van der Waals surface area contributed by atoms with Gasteiger partial charge in [0.15, 0.2) is 0 Å². The van der Waals surface area contributed by atoms with Gasteiger partial charge in [-0.3, -0.25) is 4.79 Å². The van der Waals surface area contributed by atoms with Crippen LogP contribution in [-0.2, 0) is 6.61 Å². The molecule has 0 aliphatic rings. The zero-order valence-electron chi connectivity index (χ0n) is 12.6. The van der Waals surface area contributed by atoms with Crippen LogP contribution in [0.1, 0.15) is 16.1 Å². The summed E-state index contributed by atoms with van der Waals surface area (Å²) in [6.45, 7) is 0.378. The standard InChI is InChI=1S/C18H14BrN3O2/c19-14-8-4-5-9-15(14)22-18(23)16-10-17(21-12-20-16)24-11-13-6-2-1-3-7-13/h1-10,12H,11H2,(H,22,23). The number of aromatic nitrogens is 2. The molecule has 6 heteroatoms. The van der Waals surface area contributed by atoms with Gasteiger partial charge >= 0.3 is 0 Å². The van der Waals surface area contributed by atoms with E-state index in [2.05, 4.69) is 31.2 Å². The molecule has 1 aromatic heterocycles. The van der Waals surface area contributed by atoms with Crippen LogP contribution in [-0.4, -0.2) is 15.9 Å². The summed E-state index contributed by atoms with van der Waals surface area (Å²) in [5.74, 6) is 0.0278. The Morgan fingerprint density at radius 2 is 1.79 bits per heavy atom. The van der Waals surface area contributed by atoms with Crippen molar-refractivity contribution in [3.63, 3.8) is 0 Å². The van der Waals surface area contributed by atoms with Gasteiger partial charge < -0.3 is 10.1 Å². The topological polar surface area (TPSA) is 64.1 Å². The fourth-order valence-corrected chi connectivity index (χ4v) is 2.41. The van der Waals surface area contributed by atoms with Crippen molar-refractivity contribution in [2.45, 2.75) is 6.61 Å². The molecule has 120 valence electrons. The van der Waals surface area contributed by atoms with Crippen LogP contribution < -0.4 is 10.1 Å². The molecule has 0 aliphatic carbocycles. The van der Waals surface area contributed by atoms with Gasteiger partial charge in [-0.25, -0.2) is 9.97 Å². The van der Waals surface area contributed by atoms with Crippen molar-refractivity contribution in [3.05, 3.63) is 82.7 Å². The number of carbonyl (C=O) groups is 1. The van der Waals surface area contributed by atoms with Gasteiger partial charge in [-0.05, 0) is 33.6 Å². The molecule has 0 aliphatic heterocycles. The lowest BCUT2D eigenvalue weighted by Crippen LogP contribution is -2.14. The molecule has 1 N–H and O–H groups in total. The molecule has 1 amide bonds. The molecule has 24 heavy (non-hydrogen) atoms. The smallest absolute Gasteiger partial charge is 0.274 e. The molecule has 0 unspecified atom stereocenters. The molecule has 1 heterocycles. The maximum atomic E-state index is 12.3. The Balaban J connectivity index is 1.68. The summed E-state index contributed by atoms with van der Waals surface area (Å²) in [5, 5.41) is 2.80. The highest BCUT2D eigenvalue weighted by atomic mass is 79.9. The SMILES string of the molecule is O=C(Nc1ccccc1Br)c1cc(OCc2ccccc2)ncn1. The number of ether oxygens (including phenoxy) is 1. The van der Waals surface area contributed by atoms with Gasteiger partial charge in [0.05, 0.1) is 5.69 Å². The summed E-state index contributed by atoms with van der Waals surface area (Å²) in [6, 6.07) is 18.6. The van der Waals surface area contributed by atoms with Crippen molar-refractivity contribution in [2.75, 3.05) is 5.32 Å². The Morgan fingerprint density at radius 3 is 2.58 bits per heavy atom. The van der Waals surface area contributed by atoms with E-state index in [1.54, 1.807) is 6.07 Å². The Morgan fingerprint density at radius 1 is 1.04 bits per heavy atom. The summed E-state index contributed by atoms with van der Waals surface area (Å²) in [6.07, 6.45) is 1.31. The maximum absolute atomic E-state index is 12.3. The summed E-state index contributed by atoms with van der Waals surface area (Å²) in [4.78, 5) is 20.4. The lowest BCUT2D eigenvalue weighted by molar-refractivity contribution is 0.102. The van der Waals surface area contributed by atoms with E-state index in [4.69, 9.17) is 4.74 Å². The quantitative estimate of drug-likeness (QED) is 0.720. The van der Waals surface area contributed by atoms with Gasteiger partial charge in [0, 0.05) is 10.5 Å². The van der Waals surface area contributed by atoms with Crippen LogP contribution >= 0.6 is 15.9 Å². The van der Waals surface area contributed by atoms with Gasteiger partial charge in [0.2, 0.25) is 5.88 Å². The van der Waals surface area contributed by atoms with Crippen LogP contribution in [0.3, 0.4) is 0 Å². The molecule has 0 fully saturated rings. The number of hydrogen-bond acceptors (Lipinski definition) is 4. The molecular weight excluding hydrogens is 370 g/mol. The van der Waals surface area contributed by atoms with Gasteiger partial charge in [-0.15, -0.1) is 0 Å². The molecular formula is C18H14BrN3O2. The normalized spacial score (nSPS) is 10.2. The summed E-state index contributed by atoms with van der Waals surface area (Å²) < 4.78 is 6.42. The van der Waals surface area contributed by atoms with Gasteiger partial charge in [-0.2, -0.15) is 0 Å². The minimum Gasteiger partial charge on any atom is -0.473 e. The number of nitrogens with zero attached hydrogens (tertiary/aromatic N) is 2. The van der Waals surface area contributed by atoms with E-state index in [1.807, 2.05) is 48.5 Å². The number of anilines is 1. The highest BCUT2D eigenvalue weighted by Crippen LogP contribution is 2.22. The first kappa shape index (κ1) is 16.1. The number of amides is 1. The molecule has 0 spiro atoms. The molecule has 3 aromatic rings. The van der Waals surface area contributed by atoms with Crippen molar-refractivity contribution in [1.82, 2.24) is 9.97 Å². The highest BCUT2D eigenvalue weighted by Gasteiger charge is 2.11. The van der Waals surface area contributed by atoms with E-state index in [1.165, 1.54) is 12.4 Å². The number of para-hydroxylation sites is 1. The number of nitrogens with one attached hydrogen (secondary N) is 1. The largest absolute Gasteiger partial charge is 0.473 e. The number of carbonyl (C=O) groups excluding carboxylic acids is 1. The van der Waals surface area contributed by atoms with Crippen molar-refractivity contribution >= 4 is 27.5 Å². The predicted molar refractivity (Wildman–Crippen MR) is 94.9 cm³/mol. The lowest BCUT2D eigenvalue weighted by atomic mass is 10.2. The van der Waals surface area contributed by atoms with E-state index in [0.717, 1.165) is 10.0 Å². The second kappa shape index (κ2) is 7.70. The van der Waals surface area contributed by atoms with E-state index in [-0.39, 0.29) is 11.6 Å². The summed E-state index contributed by atoms with van der Waals surface area (Å²) in [5.41, 5.74) is 1.94. The van der Waals surface area contributed by atoms with Gasteiger partial charge in [-0.1, -0.05) is 42.5 Å². The highest BCUT2D eigenvalue weighted by molar-refractivity contribution is 9.10. The third-order valence-corrected chi connectivity index (χ3v) is 3.92. The first-order valence-corrected chi connectivity index (χ1v) is 8.06. The van der Waals surface area contributed by atoms with E-state index < -0.39 is 0 Å². The van der Waals surface area contributed by atoms with Crippen LogP contribution in [0.4, 0.5) is 5.69 Å². The van der Waals surface area contributed by atoms with Crippen molar-refractivity contribution in [2.24, 2.45) is 0 Å². The van der Waals surface area contributed by atoms with Crippen LogP contribution in [0.5, 0.6) is 5.88 Å². The van der Waals surface area contributed by atoms with Crippen LogP contribution in [0.2, 0.25) is 0 Å². The average Bonchev–Trinajstić information content (AvgIpc) is 2.63. The average molecular weight is 384 g/mol. The molecule has 0 radical (unpaired) electrons. The van der Waals surface area contributed by atoms with E-state index in [9.17, 15) is 4.79 Å². The first-order chi connectivity index (χ1) is 11.7. The monoisotopic (exact) mass is 383 g/mol. The molecule has 0 bridgehead atoms. The van der Waals surface area contributed by atoms with Crippen LogP contribution in [0.15, 0.2) is 71.5 Å². The van der Waals surface area contributed by atoms with Crippen LogP contribution in [0, 0.1) is 0 Å². The zero-order chi connectivity index (χ0) is 16.8. The van der Waals surface area contributed by atoms with Gasteiger partial charge in [0.25, 0.3) is 5.91 Å². The number of hydrogen-bond donors (Lipinski definition) is 1. The molecule has 3 rings (SSSR count). The summed E-state index contributed by atoms with van der Waals surface area (Å²) in [7, 11) is 0. The number of benzene rings is 2. The first-order valence-electron chi connectivity index (χ1n) is 7.27. The Bertz CT molecular complexity index is 840. The van der Waals surface area contributed by atoms with E-state index in [0.29, 0.717) is 18.2 Å². The molecule has 5 nitrogen and oxygen atoms in total. The maximum Gasteiger partial charge on any atom is 0.274 e. The minimum absolute atomic E-state index is 0.240. The third-order valence-electron chi connectivity index (χ3n) is 3.23. The molecule has 0 atom stereocenters. The lowest BCUT2D eigenvalue weighted by Gasteiger charge is -2.08. The Kier molecular flexibility index (Phi) is 5.18.